The fourth-order valence-corrected chi connectivity index (χ4v) is 3.16. The van der Waals surface area contributed by atoms with E-state index < -0.39 is 5.97 Å². The van der Waals surface area contributed by atoms with E-state index in [2.05, 4.69) is 4.98 Å². The van der Waals surface area contributed by atoms with Crippen molar-refractivity contribution in [3.05, 3.63) is 57.9 Å². The summed E-state index contributed by atoms with van der Waals surface area (Å²) in [6.45, 7) is 1.73. The van der Waals surface area contributed by atoms with Crippen LogP contribution in [0.3, 0.4) is 0 Å². The van der Waals surface area contributed by atoms with E-state index in [-0.39, 0.29) is 11.4 Å². The molecule has 0 aliphatic heterocycles. The van der Waals surface area contributed by atoms with Gasteiger partial charge in [-0.1, -0.05) is 17.7 Å². The van der Waals surface area contributed by atoms with Gasteiger partial charge in [0.25, 0.3) is 0 Å². The van der Waals surface area contributed by atoms with Crippen molar-refractivity contribution >= 4 is 28.7 Å². The van der Waals surface area contributed by atoms with Crippen LogP contribution in [0.2, 0.25) is 5.02 Å². The Hall–Kier alpha value is -2.33. The van der Waals surface area contributed by atoms with E-state index >= 15 is 0 Å². The number of carboxylic acid groups (broad SMARTS) is 1. The molecule has 0 fully saturated rings. The molecule has 118 valence electrons. The highest BCUT2D eigenvalue weighted by atomic mass is 35.5. The molecule has 1 aromatic heterocycles. The van der Waals surface area contributed by atoms with Crippen LogP contribution in [0.5, 0.6) is 5.75 Å². The van der Waals surface area contributed by atoms with Gasteiger partial charge in [-0.3, -0.25) is 0 Å². The Balaban J connectivity index is 2.15. The lowest BCUT2D eigenvalue weighted by molar-refractivity contribution is 0.0689. The Labute approximate surface area is 139 Å². The van der Waals surface area contributed by atoms with Crippen molar-refractivity contribution in [1.82, 2.24) is 4.98 Å². The minimum atomic E-state index is -1.03. The van der Waals surface area contributed by atoms with Crippen LogP contribution in [0.15, 0.2) is 30.3 Å². The number of aromatic carboxylic acids is 1. The molecule has 2 aromatic rings. The minimum absolute atomic E-state index is 0.0663. The number of phenols is 1. The number of allylic oxidation sites excluding steroid dienone is 2. The quantitative estimate of drug-likeness (QED) is 0.867. The molecule has 4 nitrogen and oxygen atoms in total. The van der Waals surface area contributed by atoms with Gasteiger partial charge in [0.1, 0.15) is 5.75 Å². The van der Waals surface area contributed by atoms with Gasteiger partial charge in [0.05, 0.1) is 5.69 Å². The number of nitrogens with zero attached hydrogens (tertiary/aromatic N) is 1. The summed E-state index contributed by atoms with van der Waals surface area (Å²) in [7, 11) is 0. The van der Waals surface area contributed by atoms with Crippen molar-refractivity contribution in [1.29, 1.82) is 0 Å². The lowest BCUT2D eigenvalue weighted by Gasteiger charge is -2.11. The average Bonchev–Trinajstić information content (AvgIpc) is 2.99. The first kappa shape index (κ1) is 15.6. The smallest absolute Gasteiger partial charge is 0.354 e. The molecule has 0 atom stereocenters. The van der Waals surface area contributed by atoms with Gasteiger partial charge in [0.15, 0.2) is 5.69 Å². The first-order valence-electron chi connectivity index (χ1n) is 7.39. The predicted octanol–water partition coefficient (Wildman–Crippen LogP) is 4.54. The number of hydrogen-bond acceptors (Lipinski definition) is 3. The van der Waals surface area contributed by atoms with Crippen molar-refractivity contribution in [2.45, 2.75) is 26.2 Å². The molecule has 1 aromatic carbocycles. The number of rotatable bonds is 3. The minimum Gasteiger partial charge on any atom is -0.507 e. The van der Waals surface area contributed by atoms with Gasteiger partial charge >= 0.3 is 5.97 Å². The summed E-state index contributed by atoms with van der Waals surface area (Å²) >= 11 is 6.05. The van der Waals surface area contributed by atoms with Crippen LogP contribution in [0.4, 0.5) is 0 Å². The number of carboxylic acids is 1. The number of benzene rings is 1. The number of carbonyl (C=O) groups is 1. The zero-order valence-electron chi connectivity index (χ0n) is 12.6. The SMILES string of the molecule is Cc1ccc(C2=C(c3cc(Cl)ccc3O)CCC2)nc1C(=O)O. The molecule has 2 N–H and O–H groups in total. The molecule has 0 saturated carbocycles. The normalized spacial score (nSPS) is 14.3. The van der Waals surface area contributed by atoms with E-state index in [1.807, 2.05) is 6.07 Å². The third-order valence-electron chi connectivity index (χ3n) is 4.11. The van der Waals surface area contributed by atoms with Crippen molar-refractivity contribution in [3.8, 4) is 5.75 Å². The van der Waals surface area contributed by atoms with Crippen LogP contribution >= 0.6 is 11.6 Å². The number of pyridine rings is 1. The van der Waals surface area contributed by atoms with E-state index in [0.717, 1.165) is 30.4 Å². The average molecular weight is 330 g/mol. The first-order valence-corrected chi connectivity index (χ1v) is 7.77. The van der Waals surface area contributed by atoms with Gasteiger partial charge in [0, 0.05) is 10.6 Å². The number of hydrogen-bond donors (Lipinski definition) is 2. The number of halogens is 1. The molecule has 0 saturated heterocycles. The summed E-state index contributed by atoms with van der Waals surface area (Å²) in [5.41, 5.74) is 4.01. The number of aryl methyl sites for hydroxylation is 1. The molecule has 1 heterocycles. The zero-order chi connectivity index (χ0) is 16.6. The predicted molar refractivity (Wildman–Crippen MR) is 89.7 cm³/mol. The lowest BCUT2D eigenvalue weighted by atomic mass is 9.98. The second-order valence-corrected chi connectivity index (χ2v) is 6.08. The van der Waals surface area contributed by atoms with Gasteiger partial charge in [-0.25, -0.2) is 9.78 Å². The molecule has 0 amide bonds. The van der Waals surface area contributed by atoms with E-state index in [1.54, 1.807) is 31.2 Å². The highest BCUT2D eigenvalue weighted by Crippen LogP contribution is 2.42. The summed E-state index contributed by atoms with van der Waals surface area (Å²) in [5.74, 6) is -0.857. The fraction of sp³-hybridized carbons (Fsp3) is 0.222. The summed E-state index contributed by atoms with van der Waals surface area (Å²) < 4.78 is 0. The van der Waals surface area contributed by atoms with Crippen molar-refractivity contribution in [2.24, 2.45) is 0 Å². The van der Waals surface area contributed by atoms with E-state index in [1.165, 1.54) is 0 Å². The zero-order valence-corrected chi connectivity index (χ0v) is 13.4. The van der Waals surface area contributed by atoms with Crippen LogP contribution in [-0.4, -0.2) is 21.2 Å². The molecule has 0 bridgehead atoms. The maximum atomic E-state index is 11.3. The van der Waals surface area contributed by atoms with Gasteiger partial charge in [-0.05, 0) is 67.2 Å². The lowest BCUT2D eigenvalue weighted by Crippen LogP contribution is -2.05. The molecule has 1 aliphatic rings. The van der Waals surface area contributed by atoms with E-state index in [9.17, 15) is 15.0 Å². The maximum absolute atomic E-state index is 11.3. The number of phenolic OH excluding ortho intramolecular Hbond substituents is 1. The first-order chi connectivity index (χ1) is 11.0. The monoisotopic (exact) mass is 329 g/mol. The Morgan fingerprint density at radius 3 is 2.65 bits per heavy atom. The van der Waals surface area contributed by atoms with Crippen LogP contribution in [0, 0.1) is 6.92 Å². The molecule has 0 unspecified atom stereocenters. The molecule has 0 spiro atoms. The summed E-state index contributed by atoms with van der Waals surface area (Å²) in [5, 5.41) is 20.0. The van der Waals surface area contributed by atoms with Gasteiger partial charge in [-0.2, -0.15) is 0 Å². The van der Waals surface area contributed by atoms with Crippen LogP contribution < -0.4 is 0 Å². The molecule has 5 heteroatoms. The number of aromatic hydroxyl groups is 1. The second-order valence-electron chi connectivity index (χ2n) is 5.64. The molecular formula is C18H16ClNO3. The van der Waals surface area contributed by atoms with E-state index in [4.69, 9.17) is 11.6 Å². The molecule has 0 radical (unpaired) electrons. The third-order valence-corrected chi connectivity index (χ3v) is 4.35. The summed E-state index contributed by atoms with van der Waals surface area (Å²) in [6, 6.07) is 8.56. The topological polar surface area (TPSA) is 70.4 Å². The Bertz CT molecular complexity index is 827. The Morgan fingerprint density at radius 2 is 1.91 bits per heavy atom. The molecule has 3 rings (SSSR count). The van der Waals surface area contributed by atoms with E-state index in [0.29, 0.717) is 21.8 Å². The highest BCUT2D eigenvalue weighted by Gasteiger charge is 2.22. The summed E-state index contributed by atoms with van der Waals surface area (Å²) in [4.78, 5) is 15.6. The van der Waals surface area contributed by atoms with Crippen molar-refractivity contribution in [3.63, 3.8) is 0 Å². The third kappa shape index (κ3) is 2.94. The van der Waals surface area contributed by atoms with Crippen LogP contribution in [0.1, 0.15) is 46.6 Å². The molecular weight excluding hydrogens is 314 g/mol. The molecule has 23 heavy (non-hydrogen) atoms. The highest BCUT2D eigenvalue weighted by molar-refractivity contribution is 6.30. The maximum Gasteiger partial charge on any atom is 0.354 e. The molecule has 1 aliphatic carbocycles. The van der Waals surface area contributed by atoms with Gasteiger partial charge in [-0.15, -0.1) is 0 Å². The van der Waals surface area contributed by atoms with Crippen molar-refractivity contribution < 1.29 is 15.0 Å². The Morgan fingerprint density at radius 1 is 1.17 bits per heavy atom. The Kier molecular flexibility index (Phi) is 4.09. The summed E-state index contributed by atoms with van der Waals surface area (Å²) in [6.07, 6.45) is 2.55. The standard InChI is InChI=1S/C18H16ClNO3/c1-10-5-7-15(20-17(10)18(22)23)13-4-2-3-12(13)14-9-11(19)6-8-16(14)21/h5-9,21H,2-4H2,1H3,(H,22,23). The fourth-order valence-electron chi connectivity index (χ4n) is 2.99. The number of aromatic nitrogens is 1. The largest absolute Gasteiger partial charge is 0.507 e. The van der Waals surface area contributed by atoms with Gasteiger partial charge < -0.3 is 10.2 Å². The van der Waals surface area contributed by atoms with Crippen LogP contribution in [0.25, 0.3) is 11.1 Å². The van der Waals surface area contributed by atoms with Crippen LogP contribution in [-0.2, 0) is 0 Å². The van der Waals surface area contributed by atoms with Crippen molar-refractivity contribution in [2.75, 3.05) is 0 Å². The van der Waals surface area contributed by atoms with Gasteiger partial charge in [0.2, 0.25) is 0 Å². The second kappa shape index (κ2) is 6.05.